The van der Waals surface area contributed by atoms with E-state index < -0.39 is 0 Å². The summed E-state index contributed by atoms with van der Waals surface area (Å²) in [5.41, 5.74) is 1.64. The Morgan fingerprint density at radius 1 is 1.29 bits per heavy atom. The molecule has 3 atom stereocenters. The Labute approximate surface area is 102 Å². The summed E-state index contributed by atoms with van der Waals surface area (Å²) in [4.78, 5) is 0. The van der Waals surface area contributed by atoms with Crippen LogP contribution in [0.15, 0.2) is 18.2 Å². The number of rotatable bonds is 3. The van der Waals surface area contributed by atoms with Gasteiger partial charge in [-0.15, -0.1) is 0 Å². The van der Waals surface area contributed by atoms with Crippen LogP contribution in [-0.2, 0) is 0 Å². The smallest absolute Gasteiger partial charge is 0.146 e. The number of fused-ring (bicyclic) bond motifs is 2. The van der Waals surface area contributed by atoms with Crippen molar-refractivity contribution in [3.63, 3.8) is 0 Å². The fourth-order valence-electron chi connectivity index (χ4n) is 3.63. The summed E-state index contributed by atoms with van der Waals surface area (Å²) < 4.78 is 13.6. The summed E-state index contributed by atoms with van der Waals surface area (Å²) >= 11 is 0. The van der Waals surface area contributed by atoms with E-state index >= 15 is 0 Å². The van der Waals surface area contributed by atoms with Crippen LogP contribution in [-0.4, -0.2) is 6.54 Å². The third-order valence-electron chi connectivity index (χ3n) is 4.56. The number of benzene rings is 1. The SMILES string of the molecule is Cc1ccc(NCC2CC3CCC2C3)c(F)c1. The molecular formula is C15H20FN. The van der Waals surface area contributed by atoms with Crippen molar-refractivity contribution >= 4 is 5.69 Å². The molecule has 1 nitrogen and oxygen atoms in total. The van der Waals surface area contributed by atoms with Crippen LogP contribution in [0.4, 0.5) is 10.1 Å². The molecule has 1 aromatic carbocycles. The van der Waals surface area contributed by atoms with E-state index in [0.717, 1.165) is 29.9 Å². The van der Waals surface area contributed by atoms with E-state index in [9.17, 15) is 4.39 Å². The van der Waals surface area contributed by atoms with Crippen LogP contribution in [0.1, 0.15) is 31.2 Å². The first kappa shape index (κ1) is 11.1. The Bertz CT molecular complexity index is 415. The number of aryl methyl sites for hydroxylation is 1. The van der Waals surface area contributed by atoms with Gasteiger partial charge in [0.1, 0.15) is 5.82 Å². The van der Waals surface area contributed by atoms with Gasteiger partial charge in [-0.05, 0) is 61.6 Å². The summed E-state index contributed by atoms with van der Waals surface area (Å²) in [7, 11) is 0. The van der Waals surface area contributed by atoms with Gasteiger partial charge in [-0.2, -0.15) is 0 Å². The Balaban J connectivity index is 1.60. The molecule has 3 rings (SSSR count). The summed E-state index contributed by atoms with van der Waals surface area (Å²) in [5.74, 6) is 2.53. The monoisotopic (exact) mass is 233 g/mol. The van der Waals surface area contributed by atoms with E-state index in [-0.39, 0.29) is 5.82 Å². The molecule has 0 saturated heterocycles. The third-order valence-corrected chi connectivity index (χ3v) is 4.56. The predicted molar refractivity (Wildman–Crippen MR) is 68.6 cm³/mol. The van der Waals surface area contributed by atoms with Crippen molar-refractivity contribution in [1.29, 1.82) is 0 Å². The zero-order valence-corrected chi connectivity index (χ0v) is 10.4. The molecule has 2 aliphatic rings. The Kier molecular flexibility index (Phi) is 2.81. The molecule has 2 aliphatic carbocycles. The second kappa shape index (κ2) is 4.32. The van der Waals surface area contributed by atoms with Gasteiger partial charge in [-0.1, -0.05) is 12.5 Å². The van der Waals surface area contributed by atoms with Crippen molar-refractivity contribution in [2.75, 3.05) is 11.9 Å². The van der Waals surface area contributed by atoms with E-state index in [0.29, 0.717) is 5.69 Å². The van der Waals surface area contributed by atoms with Crippen molar-refractivity contribution in [2.45, 2.75) is 32.6 Å². The minimum atomic E-state index is -0.117. The first-order valence-corrected chi connectivity index (χ1v) is 6.72. The number of hydrogen-bond acceptors (Lipinski definition) is 1. The highest BCUT2D eigenvalue weighted by Crippen LogP contribution is 2.48. The lowest BCUT2D eigenvalue weighted by Crippen LogP contribution is -2.20. The largest absolute Gasteiger partial charge is 0.382 e. The fourth-order valence-corrected chi connectivity index (χ4v) is 3.63. The van der Waals surface area contributed by atoms with E-state index in [4.69, 9.17) is 0 Å². The number of nitrogens with one attached hydrogen (secondary N) is 1. The minimum absolute atomic E-state index is 0.117. The summed E-state index contributed by atoms with van der Waals surface area (Å²) in [6, 6.07) is 5.42. The molecule has 2 heteroatoms. The first-order valence-electron chi connectivity index (χ1n) is 6.72. The van der Waals surface area contributed by atoms with Gasteiger partial charge in [-0.25, -0.2) is 4.39 Å². The van der Waals surface area contributed by atoms with Crippen molar-refractivity contribution in [1.82, 2.24) is 0 Å². The number of anilines is 1. The molecule has 1 aromatic rings. The summed E-state index contributed by atoms with van der Waals surface area (Å²) in [5, 5.41) is 3.29. The topological polar surface area (TPSA) is 12.0 Å². The predicted octanol–water partition coefficient (Wildman–Crippen LogP) is 3.98. The van der Waals surface area contributed by atoms with Crippen molar-refractivity contribution in [3.8, 4) is 0 Å². The van der Waals surface area contributed by atoms with Gasteiger partial charge in [0.15, 0.2) is 0 Å². The molecule has 92 valence electrons. The van der Waals surface area contributed by atoms with Crippen molar-refractivity contribution < 1.29 is 4.39 Å². The molecule has 2 fully saturated rings. The van der Waals surface area contributed by atoms with Crippen LogP contribution >= 0.6 is 0 Å². The molecule has 0 spiro atoms. The maximum Gasteiger partial charge on any atom is 0.146 e. The normalized spacial score (nSPS) is 30.8. The second-order valence-electron chi connectivity index (χ2n) is 5.80. The zero-order valence-electron chi connectivity index (χ0n) is 10.4. The molecule has 0 aromatic heterocycles. The summed E-state index contributed by atoms with van der Waals surface area (Å²) in [6.07, 6.45) is 5.60. The van der Waals surface area contributed by atoms with Crippen LogP contribution < -0.4 is 5.32 Å². The molecule has 0 aliphatic heterocycles. The lowest BCUT2D eigenvalue weighted by atomic mass is 9.89. The maximum absolute atomic E-state index is 13.6. The first-order chi connectivity index (χ1) is 8.22. The van der Waals surface area contributed by atoms with Gasteiger partial charge in [0.2, 0.25) is 0 Å². The molecule has 0 heterocycles. The van der Waals surface area contributed by atoms with Crippen LogP contribution in [0.5, 0.6) is 0 Å². The van der Waals surface area contributed by atoms with Crippen molar-refractivity contribution in [2.24, 2.45) is 17.8 Å². The van der Waals surface area contributed by atoms with E-state index in [1.807, 2.05) is 19.1 Å². The molecule has 17 heavy (non-hydrogen) atoms. The van der Waals surface area contributed by atoms with Gasteiger partial charge >= 0.3 is 0 Å². The van der Waals surface area contributed by atoms with Crippen LogP contribution in [0.3, 0.4) is 0 Å². The van der Waals surface area contributed by atoms with Gasteiger partial charge in [0.25, 0.3) is 0 Å². The van der Waals surface area contributed by atoms with Crippen LogP contribution in [0, 0.1) is 30.5 Å². The molecule has 0 amide bonds. The molecule has 1 N–H and O–H groups in total. The summed E-state index contributed by atoms with van der Waals surface area (Å²) in [6.45, 7) is 2.87. The second-order valence-corrected chi connectivity index (χ2v) is 5.80. The van der Waals surface area contributed by atoms with E-state index in [1.165, 1.54) is 25.7 Å². The lowest BCUT2D eigenvalue weighted by Gasteiger charge is -2.22. The zero-order chi connectivity index (χ0) is 11.8. The number of hydrogen-bond donors (Lipinski definition) is 1. The van der Waals surface area contributed by atoms with Gasteiger partial charge in [0.05, 0.1) is 5.69 Å². The molecule has 2 saturated carbocycles. The number of halogens is 1. The van der Waals surface area contributed by atoms with Crippen LogP contribution in [0.25, 0.3) is 0 Å². The van der Waals surface area contributed by atoms with Crippen molar-refractivity contribution in [3.05, 3.63) is 29.6 Å². The van der Waals surface area contributed by atoms with E-state index in [2.05, 4.69) is 5.32 Å². The minimum Gasteiger partial charge on any atom is -0.382 e. The van der Waals surface area contributed by atoms with Crippen LogP contribution in [0.2, 0.25) is 0 Å². The Morgan fingerprint density at radius 2 is 2.18 bits per heavy atom. The van der Waals surface area contributed by atoms with Gasteiger partial charge in [-0.3, -0.25) is 0 Å². The highest BCUT2D eigenvalue weighted by molar-refractivity contribution is 5.46. The van der Waals surface area contributed by atoms with E-state index in [1.54, 1.807) is 6.07 Å². The molecule has 2 bridgehead atoms. The third kappa shape index (κ3) is 2.18. The standard InChI is InChI=1S/C15H20FN/c1-10-2-5-15(14(16)6-10)17-9-13-8-11-3-4-12(13)7-11/h2,5-6,11-13,17H,3-4,7-9H2,1H3. The maximum atomic E-state index is 13.6. The molecule has 0 radical (unpaired) electrons. The Morgan fingerprint density at radius 3 is 2.82 bits per heavy atom. The highest BCUT2D eigenvalue weighted by Gasteiger charge is 2.39. The quantitative estimate of drug-likeness (QED) is 0.832. The lowest BCUT2D eigenvalue weighted by molar-refractivity contribution is 0.348. The Hall–Kier alpha value is -1.05. The van der Waals surface area contributed by atoms with Gasteiger partial charge in [0, 0.05) is 6.54 Å². The van der Waals surface area contributed by atoms with Gasteiger partial charge < -0.3 is 5.32 Å². The molecule has 3 unspecified atom stereocenters. The average molecular weight is 233 g/mol. The molecular weight excluding hydrogens is 213 g/mol. The average Bonchev–Trinajstić information content (AvgIpc) is 2.89. The fraction of sp³-hybridized carbons (Fsp3) is 0.600. The highest BCUT2D eigenvalue weighted by atomic mass is 19.1.